The van der Waals surface area contributed by atoms with Crippen LogP contribution in [0.2, 0.25) is 0 Å². The maximum absolute atomic E-state index is 5.02. The van der Waals surface area contributed by atoms with Crippen molar-refractivity contribution in [1.82, 2.24) is 20.4 Å². The summed E-state index contributed by atoms with van der Waals surface area (Å²) < 4.78 is 6.95. The first-order valence-corrected chi connectivity index (χ1v) is 6.94. The summed E-state index contributed by atoms with van der Waals surface area (Å²) in [7, 11) is 5.44. The maximum atomic E-state index is 5.02. The van der Waals surface area contributed by atoms with Crippen molar-refractivity contribution in [3.63, 3.8) is 0 Å². The number of guanidine groups is 1. The van der Waals surface area contributed by atoms with Gasteiger partial charge in [-0.2, -0.15) is 5.10 Å². The molecular formula is C14H27N5O. The van der Waals surface area contributed by atoms with Gasteiger partial charge in [0, 0.05) is 39.5 Å². The van der Waals surface area contributed by atoms with Crippen molar-refractivity contribution < 1.29 is 4.74 Å². The third-order valence-electron chi connectivity index (χ3n) is 3.37. The molecule has 0 aliphatic carbocycles. The summed E-state index contributed by atoms with van der Waals surface area (Å²) >= 11 is 0. The number of methoxy groups -OCH3 is 1. The Morgan fingerprint density at radius 2 is 2.15 bits per heavy atom. The monoisotopic (exact) mass is 281 g/mol. The highest BCUT2D eigenvalue weighted by atomic mass is 16.5. The fourth-order valence-electron chi connectivity index (χ4n) is 2.17. The highest BCUT2D eigenvalue weighted by Gasteiger charge is 2.13. The average Bonchev–Trinajstić information content (AvgIpc) is 2.64. The smallest absolute Gasteiger partial charge is 0.191 e. The van der Waals surface area contributed by atoms with Crippen LogP contribution in [0.5, 0.6) is 0 Å². The van der Waals surface area contributed by atoms with Gasteiger partial charge in [0.15, 0.2) is 5.96 Å². The van der Waals surface area contributed by atoms with Crippen molar-refractivity contribution in [3.05, 3.63) is 17.0 Å². The number of hydrogen-bond acceptors (Lipinski definition) is 3. The normalized spacial score (nSPS) is 13.4. The first-order chi connectivity index (χ1) is 9.49. The van der Waals surface area contributed by atoms with Crippen LogP contribution in [0.15, 0.2) is 4.99 Å². The number of ether oxygens (including phenoxy) is 1. The number of nitrogens with one attached hydrogen (secondary N) is 2. The van der Waals surface area contributed by atoms with Gasteiger partial charge in [-0.15, -0.1) is 0 Å². The van der Waals surface area contributed by atoms with Gasteiger partial charge in [-0.3, -0.25) is 9.67 Å². The first-order valence-electron chi connectivity index (χ1n) is 6.94. The lowest BCUT2D eigenvalue weighted by Crippen LogP contribution is -2.44. The van der Waals surface area contributed by atoms with E-state index in [9.17, 15) is 0 Å². The van der Waals surface area contributed by atoms with Gasteiger partial charge in [-0.05, 0) is 32.8 Å². The van der Waals surface area contributed by atoms with Crippen molar-refractivity contribution in [3.8, 4) is 0 Å². The quantitative estimate of drug-likeness (QED) is 0.459. The second-order valence-corrected chi connectivity index (χ2v) is 5.01. The molecule has 1 rings (SSSR count). The lowest BCUT2D eigenvalue weighted by Gasteiger charge is -2.18. The number of aryl methyl sites for hydroxylation is 2. The largest absolute Gasteiger partial charge is 0.383 e. The van der Waals surface area contributed by atoms with Crippen LogP contribution in [0.25, 0.3) is 0 Å². The first kappa shape index (κ1) is 16.5. The number of aliphatic imine (C=N–C) groups is 1. The van der Waals surface area contributed by atoms with Gasteiger partial charge in [-0.1, -0.05) is 0 Å². The van der Waals surface area contributed by atoms with E-state index in [-0.39, 0.29) is 6.04 Å². The van der Waals surface area contributed by atoms with Gasteiger partial charge >= 0.3 is 0 Å². The minimum absolute atomic E-state index is 0.283. The van der Waals surface area contributed by atoms with Crippen LogP contribution in [0.3, 0.4) is 0 Å². The standard InChI is InChI=1S/C14H27N5O/c1-10(17-14(15-4)16-7-8-20-6)9-13-11(2)18-19(5)12(13)3/h10H,7-9H2,1-6H3,(H2,15,16,17). The van der Waals surface area contributed by atoms with Gasteiger partial charge in [-0.25, -0.2) is 0 Å². The average molecular weight is 281 g/mol. The van der Waals surface area contributed by atoms with Crippen molar-refractivity contribution >= 4 is 5.96 Å². The van der Waals surface area contributed by atoms with E-state index < -0.39 is 0 Å². The molecule has 1 aromatic rings. The predicted molar refractivity (Wildman–Crippen MR) is 82.2 cm³/mol. The molecule has 2 N–H and O–H groups in total. The Hall–Kier alpha value is -1.56. The SMILES string of the molecule is CN=C(NCCOC)NC(C)Cc1c(C)nn(C)c1C. The zero-order valence-corrected chi connectivity index (χ0v) is 13.4. The molecule has 114 valence electrons. The van der Waals surface area contributed by atoms with Crippen molar-refractivity contribution in [2.75, 3.05) is 27.3 Å². The van der Waals surface area contributed by atoms with Gasteiger partial charge in [0.25, 0.3) is 0 Å². The molecule has 6 heteroatoms. The molecule has 6 nitrogen and oxygen atoms in total. The highest BCUT2D eigenvalue weighted by molar-refractivity contribution is 5.79. The van der Waals surface area contributed by atoms with Crippen LogP contribution in [-0.2, 0) is 18.2 Å². The fraction of sp³-hybridized carbons (Fsp3) is 0.714. The van der Waals surface area contributed by atoms with Gasteiger partial charge < -0.3 is 15.4 Å². The Labute approximate surface area is 121 Å². The Morgan fingerprint density at radius 3 is 2.65 bits per heavy atom. The molecule has 0 aliphatic rings. The Bertz CT molecular complexity index is 453. The van der Waals surface area contributed by atoms with Crippen molar-refractivity contribution in [2.45, 2.75) is 33.2 Å². The topological polar surface area (TPSA) is 63.5 Å². The summed E-state index contributed by atoms with van der Waals surface area (Å²) in [6, 6.07) is 0.283. The Kier molecular flexibility index (Phi) is 6.51. The molecule has 0 fully saturated rings. The summed E-state index contributed by atoms with van der Waals surface area (Å²) in [4.78, 5) is 4.21. The number of rotatable bonds is 6. The molecule has 0 amide bonds. The minimum Gasteiger partial charge on any atom is -0.383 e. The number of nitrogens with zero attached hydrogens (tertiary/aromatic N) is 3. The lowest BCUT2D eigenvalue weighted by atomic mass is 10.1. The van der Waals surface area contributed by atoms with Crippen molar-refractivity contribution in [1.29, 1.82) is 0 Å². The van der Waals surface area contributed by atoms with Gasteiger partial charge in [0.2, 0.25) is 0 Å². The van der Waals surface area contributed by atoms with E-state index in [2.05, 4.69) is 41.5 Å². The second-order valence-electron chi connectivity index (χ2n) is 5.01. The zero-order chi connectivity index (χ0) is 15.1. The van der Waals surface area contributed by atoms with E-state index in [1.807, 2.05) is 11.7 Å². The maximum Gasteiger partial charge on any atom is 0.191 e. The van der Waals surface area contributed by atoms with Crippen LogP contribution >= 0.6 is 0 Å². The van der Waals surface area contributed by atoms with Gasteiger partial charge in [0.1, 0.15) is 0 Å². The van der Waals surface area contributed by atoms with Crippen LogP contribution < -0.4 is 10.6 Å². The molecule has 0 saturated heterocycles. The molecule has 1 unspecified atom stereocenters. The molecular weight excluding hydrogens is 254 g/mol. The zero-order valence-electron chi connectivity index (χ0n) is 13.4. The molecule has 20 heavy (non-hydrogen) atoms. The molecule has 1 aromatic heterocycles. The molecule has 0 aromatic carbocycles. The number of aromatic nitrogens is 2. The molecule has 0 aliphatic heterocycles. The van der Waals surface area contributed by atoms with Crippen molar-refractivity contribution in [2.24, 2.45) is 12.0 Å². The minimum atomic E-state index is 0.283. The summed E-state index contributed by atoms with van der Waals surface area (Å²) in [5.74, 6) is 0.800. The molecule has 0 saturated carbocycles. The van der Waals surface area contributed by atoms with E-state index in [0.717, 1.165) is 24.6 Å². The van der Waals surface area contributed by atoms with Crippen LogP contribution in [0.1, 0.15) is 23.9 Å². The third kappa shape index (κ3) is 4.52. The molecule has 1 atom stereocenters. The third-order valence-corrected chi connectivity index (χ3v) is 3.37. The lowest BCUT2D eigenvalue weighted by molar-refractivity contribution is 0.203. The summed E-state index contributed by atoms with van der Waals surface area (Å²) in [6.07, 6.45) is 0.927. The molecule has 0 radical (unpaired) electrons. The number of hydrogen-bond donors (Lipinski definition) is 2. The van der Waals surface area contributed by atoms with Crippen LogP contribution in [-0.4, -0.2) is 49.1 Å². The van der Waals surface area contributed by atoms with Gasteiger partial charge in [0.05, 0.1) is 12.3 Å². The Morgan fingerprint density at radius 1 is 1.45 bits per heavy atom. The summed E-state index contributed by atoms with van der Waals surface area (Å²) in [5.41, 5.74) is 3.62. The van der Waals surface area contributed by atoms with Crippen LogP contribution in [0.4, 0.5) is 0 Å². The summed E-state index contributed by atoms with van der Waals surface area (Å²) in [6.45, 7) is 7.72. The van der Waals surface area contributed by atoms with E-state index in [0.29, 0.717) is 6.61 Å². The van der Waals surface area contributed by atoms with E-state index in [1.165, 1.54) is 11.3 Å². The van der Waals surface area contributed by atoms with E-state index in [4.69, 9.17) is 4.74 Å². The highest BCUT2D eigenvalue weighted by Crippen LogP contribution is 2.13. The predicted octanol–water partition coefficient (Wildman–Crippen LogP) is 0.779. The summed E-state index contributed by atoms with van der Waals surface area (Å²) in [5, 5.41) is 11.0. The van der Waals surface area contributed by atoms with E-state index in [1.54, 1.807) is 14.2 Å². The molecule has 0 spiro atoms. The fourth-order valence-corrected chi connectivity index (χ4v) is 2.17. The van der Waals surface area contributed by atoms with E-state index >= 15 is 0 Å². The second kappa shape index (κ2) is 7.89. The molecule has 0 bridgehead atoms. The molecule has 1 heterocycles. The van der Waals surface area contributed by atoms with Crippen LogP contribution in [0, 0.1) is 13.8 Å². The Balaban J connectivity index is 2.55.